The minimum Gasteiger partial charge on any atom is -0.323 e. The Morgan fingerprint density at radius 2 is 1.55 bits per heavy atom. The predicted molar refractivity (Wildman–Crippen MR) is 70.6 cm³/mol. The quantitative estimate of drug-likeness (QED) is 0.848. The molecule has 0 bridgehead atoms. The highest BCUT2D eigenvalue weighted by atomic mass is 19.2. The molecule has 0 radical (unpaired) electrons. The van der Waals surface area contributed by atoms with Crippen LogP contribution in [0, 0.1) is 17.5 Å². The Morgan fingerprint density at radius 3 is 2.15 bits per heavy atom. The molecule has 104 valence electrons. The first-order valence-corrected chi connectivity index (χ1v) is 6.51. The summed E-state index contributed by atoms with van der Waals surface area (Å²) >= 11 is 0. The molecule has 1 nitrogen and oxygen atoms in total. The van der Waals surface area contributed by atoms with Crippen molar-refractivity contribution >= 4 is 0 Å². The van der Waals surface area contributed by atoms with Crippen molar-refractivity contribution in [3.63, 3.8) is 0 Å². The van der Waals surface area contributed by atoms with Gasteiger partial charge < -0.3 is 5.73 Å². The van der Waals surface area contributed by atoms with E-state index < -0.39 is 23.5 Å². The zero-order valence-electron chi connectivity index (χ0n) is 10.7. The molecule has 4 heteroatoms. The van der Waals surface area contributed by atoms with E-state index in [1.54, 1.807) is 0 Å². The van der Waals surface area contributed by atoms with E-state index >= 15 is 0 Å². The highest BCUT2D eigenvalue weighted by Crippen LogP contribution is 2.55. The molecule has 1 aliphatic rings. The van der Waals surface area contributed by atoms with Crippen LogP contribution in [0.2, 0.25) is 0 Å². The van der Waals surface area contributed by atoms with E-state index in [0.717, 1.165) is 24.5 Å². The fourth-order valence-electron chi connectivity index (χ4n) is 2.76. The normalized spacial score (nSPS) is 17.8. The molecule has 3 rings (SSSR count). The molecule has 1 aliphatic carbocycles. The Hall–Kier alpha value is -1.81. The fourth-order valence-corrected chi connectivity index (χ4v) is 2.76. The third kappa shape index (κ3) is 1.91. The van der Waals surface area contributed by atoms with Crippen LogP contribution in [0.5, 0.6) is 0 Å². The lowest BCUT2D eigenvalue weighted by atomic mass is 9.84. The van der Waals surface area contributed by atoms with Crippen LogP contribution < -0.4 is 5.73 Å². The maximum atomic E-state index is 13.9. The maximum absolute atomic E-state index is 13.9. The molecule has 0 heterocycles. The Bertz CT molecular complexity index is 636. The lowest BCUT2D eigenvalue weighted by molar-refractivity contribution is 0.424. The molecule has 2 aromatic carbocycles. The van der Waals surface area contributed by atoms with Crippen molar-refractivity contribution < 1.29 is 13.2 Å². The molecule has 2 aromatic rings. The molecule has 20 heavy (non-hydrogen) atoms. The molecule has 0 aromatic heterocycles. The summed E-state index contributed by atoms with van der Waals surface area (Å²) in [4.78, 5) is 0. The Labute approximate surface area is 115 Å². The van der Waals surface area contributed by atoms with E-state index in [1.807, 2.05) is 30.3 Å². The number of rotatable bonds is 3. The number of hydrogen-bond acceptors (Lipinski definition) is 1. The monoisotopic (exact) mass is 277 g/mol. The fraction of sp³-hybridized carbons (Fsp3) is 0.250. The second kappa shape index (κ2) is 4.63. The SMILES string of the molecule is NC(c1ccc(F)c(F)c1F)C1(c2ccccc2)CC1. The largest absolute Gasteiger partial charge is 0.323 e. The van der Waals surface area contributed by atoms with Gasteiger partial charge in [0.15, 0.2) is 17.5 Å². The minimum absolute atomic E-state index is 0.0326. The van der Waals surface area contributed by atoms with Crippen molar-refractivity contribution in [3.05, 3.63) is 71.0 Å². The molecule has 1 saturated carbocycles. The van der Waals surface area contributed by atoms with Gasteiger partial charge >= 0.3 is 0 Å². The molecule has 0 amide bonds. The van der Waals surface area contributed by atoms with E-state index in [9.17, 15) is 13.2 Å². The molecule has 0 aliphatic heterocycles. The summed E-state index contributed by atoms with van der Waals surface area (Å²) in [6.45, 7) is 0. The van der Waals surface area contributed by atoms with Gasteiger partial charge in [-0.25, -0.2) is 13.2 Å². The van der Waals surface area contributed by atoms with Gasteiger partial charge in [-0.2, -0.15) is 0 Å². The van der Waals surface area contributed by atoms with Gasteiger partial charge in [0.25, 0.3) is 0 Å². The summed E-state index contributed by atoms with van der Waals surface area (Å²) in [5.41, 5.74) is 6.83. The van der Waals surface area contributed by atoms with Crippen LogP contribution in [0.1, 0.15) is 30.0 Å². The number of hydrogen-bond donors (Lipinski definition) is 1. The topological polar surface area (TPSA) is 26.0 Å². The van der Waals surface area contributed by atoms with Gasteiger partial charge in [0, 0.05) is 17.0 Å². The van der Waals surface area contributed by atoms with Crippen LogP contribution >= 0.6 is 0 Å². The van der Waals surface area contributed by atoms with Crippen molar-refractivity contribution in [2.45, 2.75) is 24.3 Å². The number of benzene rings is 2. The molecule has 2 N–H and O–H groups in total. The van der Waals surface area contributed by atoms with Crippen LogP contribution in [0.4, 0.5) is 13.2 Å². The van der Waals surface area contributed by atoms with E-state index in [4.69, 9.17) is 5.73 Å². The summed E-state index contributed by atoms with van der Waals surface area (Å²) in [7, 11) is 0. The summed E-state index contributed by atoms with van der Waals surface area (Å²) in [5.74, 6) is -3.83. The minimum atomic E-state index is -1.46. The molecule has 1 unspecified atom stereocenters. The van der Waals surface area contributed by atoms with Gasteiger partial charge in [-0.3, -0.25) is 0 Å². The van der Waals surface area contributed by atoms with Gasteiger partial charge in [0.1, 0.15) is 0 Å². The van der Waals surface area contributed by atoms with Crippen molar-refractivity contribution in [2.75, 3.05) is 0 Å². The predicted octanol–water partition coefficient (Wildman–Crippen LogP) is 3.84. The van der Waals surface area contributed by atoms with Crippen molar-refractivity contribution in [3.8, 4) is 0 Å². The smallest absolute Gasteiger partial charge is 0.194 e. The van der Waals surface area contributed by atoms with Crippen LogP contribution in [0.3, 0.4) is 0 Å². The zero-order valence-corrected chi connectivity index (χ0v) is 10.7. The second-order valence-electron chi connectivity index (χ2n) is 5.26. The molecular weight excluding hydrogens is 263 g/mol. The van der Waals surface area contributed by atoms with E-state index in [-0.39, 0.29) is 11.0 Å². The average molecular weight is 277 g/mol. The van der Waals surface area contributed by atoms with Crippen LogP contribution in [0.25, 0.3) is 0 Å². The second-order valence-corrected chi connectivity index (χ2v) is 5.26. The summed E-state index contributed by atoms with van der Waals surface area (Å²) in [6.07, 6.45) is 1.63. The van der Waals surface area contributed by atoms with Crippen molar-refractivity contribution in [1.29, 1.82) is 0 Å². The Kier molecular flexibility index (Phi) is 3.05. The number of halogens is 3. The molecule has 0 spiro atoms. The van der Waals surface area contributed by atoms with Crippen molar-refractivity contribution in [1.82, 2.24) is 0 Å². The van der Waals surface area contributed by atoms with Crippen LogP contribution in [-0.4, -0.2) is 0 Å². The summed E-state index contributed by atoms with van der Waals surface area (Å²) in [6, 6.07) is 11.0. The summed E-state index contributed by atoms with van der Waals surface area (Å²) in [5, 5.41) is 0. The zero-order chi connectivity index (χ0) is 14.3. The van der Waals surface area contributed by atoms with Crippen molar-refractivity contribution in [2.24, 2.45) is 5.73 Å². The van der Waals surface area contributed by atoms with E-state index in [2.05, 4.69) is 0 Å². The summed E-state index contributed by atoms with van der Waals surface area (Å²) < 4.78 is 40.3. The standard InChI is InChI=1S/C16H14F3N/c17-12-7-6-11(13(18)14(12)19)15(20)16(8-9-16)10-4-2-1-3-5-10/h1-7,15H,8-9,20H2. The highest BCUT2D eigenvalue weighted by molar-refractivity contribution is 5.38. The van der Waals surface area contributed by atoms with Crippen LogP contribution in [-0.2, 0) is 5.41 Å². The lowest BCUT2D eigenvalue weighted by Gasteiger charge is -2.25. The average Bonchev–Trinajstić information content (AvgIpc) is 3.27. The Morgan fingerprint density at radius 1 is 0.900 bits per heavy atom. The van der Waals surface area contributed by atoms with Gasteiger partial charge in [-0.15, -0.1) is 0 Å². The third-order valence-electron chi connectivity index (χ3n) is 4.13. The molecule has 1 fully saturated rings. The Balaban J connectivity index is 2.02. The van der Waals surface area contributed by atoms with Gasteiger partial charge in [0.05, 0.1) is 0 Å². The van der Waals surface area contributed by atoms with Gasteiger partial charge in [-0.05, 0) is 24.5 Å². The van der Waals surface area contributed by atoms with Gasteiger partial charge in [0.2, 0.25) is 0 Å². The first-order valence-electron chi connectivity index (χ1n) is 6.51. The molecular formula is C16H14F3N. The first kappa shape index (κ1) is 13.2. The lowest BCUT2D eigenvalue weighted by Crippen LogP contribution is -2.27. The number of nitrogens with two attached hydrogens (primary N) is 1. The third-order valence-corrected chi connectivity index (χ3v) is 4.13. The maximum Gasteiger partial charge on any atom is 0.194 e. The first-order chi connectivity index (χ1) is 9.56. The highest BCUT2D eigenvalue weighted by Gasteiger charge is 2.50. The van der Waals surface area contributed by atoms with Gasteiger partial charge in [-0.1, -0.05) is 36.4 Å². The molecule has 1 atom stereocenters. The van der Waals surface area contributed by atoms with E-state index in [1.165, 1.54) is 6.07 Å². The molecule has 0 saturated heterocycles. The van der Waals surface area contributed by atoms with Crippen LogP contribution in [0.15, 0.2) is 42.5 Å². The van der Waals surface area contributed by atoms with E-state index in [0.29, 0.717) is 0 Å².